The lowest BCUT2D eigenvalue weighted by Crippen LogP contribution is -2.28. The fraction of sp³-hybridized carbons (Fsp3) is 0.350. The Kier molecular flexibility index (Phi) is 5.38. The Labute approximate surface area is 163 Å². The van der Waals surface area contributed by atoms with Crippen LogP contribution in [0.1, 0.15) is 18.5 Å². The fourth-order valence-corrected chi connectivity index (χ4v) is 3.20. The molecule has 0 spiro atoms. The first-order chi connectivity index (χ1) is 13.7. The third-order valence-electron chi connectivity index (χ3n) is 4.61. The second-order valence-electron chi connectivity index (χ2n) is 6.75. The summed E-state index contributed by atoms with van der Waals surface area (Å²) in [5.41, 5.74) is 1.81. The highest BCUT2D eigenvalue weighted by molar-refractivity contribution is 5.68. The number of rotatable bonds is 6. The molecule has 0 saturated carbocycles. The van der Waals surface area contributed by atoms with Crippen LogP contribution in [0.5, 0.6) is 5.75 Å². The zero-order valence-electron chi connectivity index (χ0n) is 16.0. The highest BCUT2D eigenvalue weighted by Crippen LogP contribution is 2.30. The van der Waals surface area contributed by atoms with Gasteiger partial charge in [0.15, 0.2) is 11.6 Å². The second-order valence-corrected chi connectivity index (χ2v) is 6.75. The average molecular weight is 380 g/mol. The Morgan fingerprint density at radius 2 is 1.86 bits per heavy atom. The molecule has 28 heavy (non-hydrogen) atoms. The van der Waals surface area contributed by atoms with Crippen LogP contribution >= 0.6 is 0 Å². The van der Waals surface area contributed by atoms with Crippen LogP contribution < -0.4 is 15.4 Å². The molecule has 0 atom stereocenters. The van der Waals surface area contributed by atoms with Gasteiger partial charge in [0, 0.05) is 37.1 Å². The molecule has 0 radical (unpaired) electrons. The van der Waals surface area contributed by atoms with Crippen molar-refractivity contribution in [3.63, 3.8) is 0 Å². The third kappa shape index (κ3) is 4.23. The normalized spacial score (nSPS) is 14.6. The van der Waals surface area contributed by atoms with Crippen molar-refractivity contribution >= 4 is 17.5 Å². The number of benzene rings is 1. The van der Waals surface area contributed by atoms with E-state index >= 15 is 0 Å². The molecule has 1 fully saturated rings. The topological polar surface area (TPSA) is 97.0 Å². The molecule has 3 N–H and O–H groups in total. The van der Waals surface area contributed by atoms with E-state index in [0.29, 0.717) is 23.5 Å². The second kappa shape index (κ2) is 8.26. The lowest BCUT2D eigenvalue weighted by molar-refractivity contribution is 0.0904. The first-order valence-electron chi connectivity index (χ1n) is 9.37. The molecule has 3 aromatic rings. The van der Waals surface area contributed by atoms with E-state index in [-0.39, 0.29) is 0 Å². The van der Waals surface area contributed by atoms with E-state index in [1.54, 1.807) is 7.11 Å². The molecule has 1 aromatic carbocycles. The molecule has 1 aliphatic heterocycles. The van der Waals surface area contributed by atoms with Gasteiger partial charge < -0.3 is 20.1 Å². The van der Waals surface area contributed by atoms with E-state index in [2.05, 4.69) is 25.8 Å². The Morgan fingerprint density at radius 3 is 2.61 bits per heavy atom. The van der Waals surface area contributed by atoms with E-state index in [1.807, 2.05) is 43.3 Å². The number of aromatic amines is 1. The smallest absolute Gasteiger partial charge is 0.167 e. The van der Waals surface area contributed by atoms with Gasteiger partial charge in [-0.15, -0.1) is 0 Å². The summed E-state index contributed by atoms with van der Waals surface area (Å²) in [6.45, 7) is 3.48. The summed E-state index contributed by atoms with van der Waals surface area (Å²) < 4.78 is 10.9. The standard InChI is InChI=1S/C20H24N6O2/c1-13-11-19(26-25-13)22-18-12-17(21-14-7-9-28-10-8-14)23-20(24-18)15-5-3-4-6-16(15)27-2/h3-6,11-12,14H,7-10H2,1-2H3,(H3,21,22,23,24,25,26). The van der Waals surface area contributed by atoms with Gasteiger partial charge in [-0.25, -0.2) is 9.97 Å². The van der Waals surface area contributed by atoms with Crippen LogP contribution in [0.2, 0.25) is 0 Å². The molecule has 0 unspecified atom stereocenters. The van der Waals surface area contributed by atoms with Crippen LogP contribution in [0.25, 0.3) is 11.4 Å². The predicted molar refractivity (Wildman–Crippen MR) is 108 cm³/mol. The predicted octanol–water partition coefficient (Wildman–Crippen LogP) is 3.52. The van der Waals surface area contributed by atoms with Crippen LogP contribution in [0.15, 0.2) is 36.4 Å². The van der Waals surface area contributed by atoms with E-state index in [9.17, 15) is 0 Å². The minimum Gasteiger partial charge on any atom is -0.496 e. The number of methoxy groups -OCH3 is 1. The van der Waals surface area contributed by atoms with Crippen LogP contribution in [-0.2, 0) is 4.74 Å². The van der Waals surface area contributed by atoms with E-state index in [4.69, 9.17) is 14.5 Å². The van der Waals surface area contributed by atoms with Crippen molar-refractivity contribution in [2.75, 3.05) is 31.0 Å². The van der Waals surface area contributed by atoms with Crippen LogP contribution in [0, 0.1) is 6.92 Å². The highest BCUT2D eigenvalue weighted by Gasteiger charge is 2.17. The number of H-pyrrole nitrogens is 1. The number of nitrogens with one attached hydrogen (secondary N) is 3. The first kappa shape index (κ1) is 18.2. The van der Waals surface area contributed by atoms with Gasteiger partial charge in [-0.1, -0.05) is 12.1 Å². The SMILES string of the molecule is COc1ccccc1-c1nc(Nc2cc(C)[nH]n2)cc(NC2CCOCC2)n1. The minimum absolute atomic E-state index is 0.328. The molecular weight excluding hydrogens is 356 g/mol. The van der Waals surface area contributed by atoms with E-state index in [0.717, 1.165) is 48.9 Å². The Bertz CT molecular complexity index is 936. The van der Waals surface area contributed by atoms with Crippen LogP contribution in [0.4, 0.5) is 17.5 Å². The molecule has 1 aliphatic rings. The molecule has 146 valence electrons. The van der Waals surface area contributed by atoms with Crippen molar-refractivity contribution in [1.82, 2.24) is 20.2 Å². The first-order valence-corrected chi connectivity index (χ1v) is 9.37. The largest absolute Gasteiger partial charge is 0.496 e. The van der Waals surface area contributed by atoms with Crippen LogP contribution in [0.3, 0.4) is 0 Å². The third-order valence-corrected chi connectivity index (χ3v) is 4.61. The Balaban J connectivity index is 1.69. The van der Waals surface area contributed by atoms with Crippen LogP contribution in [-0.4, -0.2) is 46.5 Å². The van der Waals surface area contributed by atoms with Gasteiger partial charge >= 0.3 is 0 Å². The molecule has 1 saturated heterocycles. The summed E-state index contributed by atoms with van der Waals surface area (Å²) >= 11 is 0. The van der Waals surface area contributed by atoms with Crippen molar-refractivity contribution in [3.05, 3.63) is 42.1 Å². The summed E-state index contributed by atoms with van der Waals surface area (Å²) in [5, 5.41) is 13.9. The quantitative estimate of drug-likeness (QED) is 0.602. The fourth-order valence-electron chi connectivity index (χ4n) is 3.20. The molecule has 4 rings (SSSR count). The van der Waals surface area contributed by atoms with E-state index < -0.39 is 0 Å². The number of aryl methyl sites for hydroxylation is 1. The van der Waals surface area contributed by atoms with Crippen molar-refractivity contribution in [2.24, 2.45) is 0 Å². The van der Waals surface area contributed by atoms with Gasteiger partial charge in [-0.3, -0.25) is 5.10 Å². The van der Waals surface area contributed by atoms with Gasteiger partial charge in [0.05, 0.1) is 12.7 Å². The number of hydrogen-bond acceptors (Lipinski definition) is 7. The minimum atomic E-state index is 0.328. The van der Waals surface area contributed by atoms with E-state index in [1.165, 1.54) is 0 Å². The number of para-hydroxylation sites is 1. The summed E-state index contributed by atoms with van der Waals surface area (Å²) in [7, 11) is 1.65. The lowest BCUT2D eigenvalue weighted by atomic mass is 10.1. The number of ether oxygens (including phenoxy) is 2. The summed E-state index contributed by atoms with van der Waals surface area (Å²) in [4.78, 5) is 9.43. The molecule has 0 bridgehead atoms. The average Bonchev–Trinajstić information content (AvgIpc) is 3.13. The van der Waals surface area contributed by atoms with Gasteiger partial charge in [0.25, 0.3) is 0 Å². The zero-order valence-corrected chi connectivity index (χ0v) is 16.0. The summed E-state index contributed by atoms with van der Waals surface area (Å²) in [6, 6.07) is 11.9. The lowest BCUT2D eigenvalue weighted by Gasteiger charge is -2.24. The molecular formula is C20H24N6O2. The summed E-state index contributed by atoms with van der Waals surface area (Å²) in [5.74, 6) is 3.45. The van der Waals surface area contributed by atoms with Crippen molar-refractivity contribution in [1.29, 1.82) is 0 Å². The molecule has 0 amide bonds. The van der Waals surface area contributed by atoms with Gasteiger partial charge in [0.2, 0.25) is 0 Å². The Hall–Kier alpha value is -3.13. The maximum atomic E-state index is 5.50. The number of aromatic nitrogens is 4. The zero-order chi connectivity index (χ0) is 19.3. The van der Waals surface area contributed by atoms with Gasteiger partial charge in [0.1, 0.15) is 17.4 Å². The molecule has 3 heterocycles. The van der Waals surface area contributed by atoms with Crippen molar-refractivity contribution < 1.29 is 9.47 Å². The van der Waals surface area contributed by atoms with Crippen molar-refractivity contribution in [2.45, 2.75) is 25.8 Å². The highest BCUT2D eigenvalue weighted by atomic mass is 16.5. The monoisotopic (exact) mass is 380 g/mol. The van der Waals surface area contributed by atoms with Crippen molar-refractivity contribution in [3.8, 4) is 17.1 Å². The molecule has 8 nitrogen and oxygen atoms in total. The molecule has 8 heteroatoms. The van der Waals surface area contributed by atoms with Gasteiger partial charge in [-0.2, -0.15) is 5.10 Å². The Morgan fingerprint density at radius 1 is 1.07 bits per heavy atom. The number of nitrogens with zero attached hydrogens (tertiary/aromatic N) is 3. The molecule has 2 aromatic heterocycles. The molecule has 0 aliphatic carbocycles. The number of hydrogen-bond donors (Lipinski definition) is 3. The number of anilines is 3. The van der Waals surface area contributed by atoms with Gasteiger partial charge in [-0.05, 0) is 31.9 Å². The maximum absolute atomic E-state index is 5.50. The maximum Gasteiger partial charge on any atom is 0.167 e. The summed E-state index contributed by atoms with van der Waals surface area (Å²) in [6.07, 6.45) is 1.91.